The van der Waals surface area contributed by atoms with Crippen LogP contribution in [-0.4, -0.2) is 23.6 Å². The van der Waals surface area contributed by atoms with Gasteiger partial charge in [-0.15, -0.1) is 0 Å². The third-order valence-corrected chi connectivity index (χ3v) is 4.12. The average Bonchev–Trinajstić information content (AvgIpc) is 2.74. The smallest absolute Gasteiger partial charge is 0.349 e. The zero-order chi connectivity index (χ0) is 20.6. The number of nitrogens with one attached hydrogen (secondary N) is 1. The molecule has 0 saturated heterocycles. The Labute approximate surface area is 168 Å². The van der Waals surface area contributed by atoms with Crippen molar-refractivity contribution in [2.75, 3.05) is 11.9 Å². The molecule has 29 heavy (non-hydrogen) atoms. The second kappa shape index (κ2) is 9.41. The van der Waals surface area contributed by atoms with Gasteiger partial charge >= 0.3 is 5.97 Å². The molecule has 148 valence electrons. The van der Waals surface area contributed by atoms with Gasteiger partial charge in [0.15, 0.2) is 0 Å². The number of benzene rings is 3. The first kappa shape index (κ1) is 19.9. The molecule has 0 aliphatic heterocycles. The Morgan fingerprint density at radius 1 is 0.897 bits per heavy atom. The molecule has 3 aromatic rings. The van der Waals surface area contributed by atoms with Gasteiger partial charge in [-0.1, -0.05) is 30.3 Å². The fourth-order valence-corrected chi connectivity index (χ4v) is 2.71. The van der Waals surface area contributed by atoms with Crippen molar-refractivity contribution in [2.24, 2.45) is 0 Å². The first-order valence-electron chi connectivity index (χ1n) is 9.15. The Bertz CT molecular complexity index is 953. The third-order valence-electron chi connectivity index (χ3n) is 4.12. The SMILES string of the molecule is CCOc1ccc(NC(=O)c2ccc(OC(C(=O)O)c3ccccc3)cc2)cc1. The number of hydrogen-bond donors (Lipinski definition) is 2. The van der Waals surface area contributed by atoms with Crippen LogP contribution in [0.2, 0.25) is 0 Å². The molecule has 1 amide bonds. The van der Waals surface area contributed by atoms with Gasteiger partial charge in [0, 0.05) is 16.8 Å². The second-order valence-electron chi connectivity index (χ2n) is 6.18. The van der Waals surface area contributed by atoms with Crippen LogP contribution < -0.4 is 14.8 Å². The molecular weight excluding hydrogens is 370 g/mol. The first-order valence-corrected chi connectivity index (χ1v) is 9.15. The summed E-state index contributed by atoms with van der Waals surface area (Å²) in [5.74, 6) is -0.274. The van der Waals surface area contributed by atoms with Gasteiger partial charge in [-0.2, -0.15) is 0 Å². The van der Waals surface area contributed by atoms with E-state index in [1.54, 1.807) is 78.9 Å². The van der Waals surface area contributed by atoms with E-state index < -0.39 is 12.1 Å². The minimum absolute atomic E-state index is 0.279. The van der Waals surface area contributed by atoms with Gasteiger partial charge in [-0.25, -0.2) is 4.79 Å². The van der Waals surface area contributed by atoms with Crippen LogP contribution >= 0.6 is 0 Å². The molecule has 0 radical (unpaired) electrons. The molecule has 0 bridgehead atoms. The lowest BCUT2D eigenvalue weighted by Crippen LogP contribution is -2.18. The number of carboxylic acid groups (broad SMARTS) is 1. The highest BCUT2D eigenvalue weighted by Gasteiger charge is 2.21. The summed E-state index contributed by atoms with van der Waals surface area (Å²) in [6, 6.07) is 22.1. The Balaban J connectivity index is 1.65. The predicted molar refractivity (Wildman–Crippen MR) is 109 cm³/mol. The van der Waals surface area contributed by atoms with Crippen LogP contribution in [0.25, 0.3) is 0 Å². The van der Waals surface area contributed by atoms with E-state index in [1.807, 2.05) is 6.92 Å². The van der Waals surface area contributed by atoms with E-state index >= 15 is 0 Å². The van der Waals surface area contributed by atoms with E-state index in [0.717, 1.165) is 5.75 Å². The van der Waals surface area contributed by atoms with E-state index in [4.69, 9.17) is 9.47 Å². The van der Waals surface area contributed by atoms with Gasteiger partial charge in [-0.3, -0.25) is 4.79 Å². The van der Waals surface area contributed by atoms with Crippen molar-refractivity contribution >= 4 is 17.6 Å². The summed E-state index contributed by atoms with van der Waals surface area (Å²) in [6.07, 6.45) is -1.13. The van der Waals surface area contributed by atoms with Crippen LogP contribution in [0.3, 0.4) is 0 Å². The summed E-state index contributed by atoms with van der Waals surface area (Å²) < 4.78 is 11.0. The maximum atomic E-state index is 12.4. The van der Waals surface area contributed by atoms with Crippen LogP contribution in [-0.2, 0) is 4.79 Å². The number of carbonyl (C=O) groups excluding carboxylic acids is 1. The maximum Gasteiger partial charge on any atom is 0.349 e. The van der Waals surface area contributed by atoms with E-state index in [9.17, 15) is 14.7 Å². The second-order valence-corrected chi connectivity index (χ2v) is 6.18. The molecule has 6 nitrogen and oxygen atoms in total. The zero-order valence-corrected chi connectivity index (χ0v) is 15.9. The maximum absolute atomic E-state index is 12.4. The Kier molecular flexibility index (Phi) is 6.47. The van der Waals surface area contributed by atoms with Crippen molar-refractivity contribution in [1.29, 1.82) is 0 Å². The van der Waals surface area contributed by atoms with Crippen LogP contribution in [0.5, 0.6) is 11.5 Å². The Morgan fingerprint density at radius 3 is 2.10 bits per heavy atom. The molecule has 1 atom stereocenters. The van der Waals surface area contributed by atoms with Gasteiger partial charge in [0.25, 0.3) is 5.91 Å². The minimum atomic E-state index is -1.13. The van der Waals surface area contributed by atoms with Gasteiger partial charge in [0.05, 0.1) is 6.61 Å². The number of ether oxygens (including phenoxy) is 2. The van der Waals surface area contributed by atoms with Crippen molar-refractivity contribution in [3.63, 3.8) is 0 Å². The molecule has 0 saturated carbocycles. The van der Waals surface area contributed by atoms with Crippen LogP contribution in [0.4, 0.5) is 5.69 Å². The quantitative estimate of drug-likeness (QED) is 0.589. The van der Waals surface area contributed by atoms with Gasteiger partial charge in [-0.05, 0) is 55.5 Å². The summed E-state index contributed by atoms with van der Waals surface area (Å²) in [5.41, 5.74) is 1.61. The average molecular weight is 391 g/mol. The Morgan fingerprint density at radius 2 is 1.52 bits per heavy atom. The number of anilines is 1. The standard InChI is InChI=1S/C23H21NO5/c1-2-28-19-14-10-18(11-15-19)24-22(25)17-8-12-20(13-9-17)29-21(23(26)27)16-6-4-3-5-7-16/h3-15,21H,2H2,1H3,(H,24,25)(H,26,27). The van der Waals surface area contributed by atoms with Crippen molar-refractivity contribution in [3.8, 4) is 11.5 Å². The summed E-state index contributed by atoms with van der Waals surface area (Å²) in [6.45, 7) is 2.48. The fourth-order valence-electron chi connectivity index (χ4n) is 2.71. The number of amides is 1. The van der Waals surface area contributed by atoms with E-state index in [2.05, 4.69) is 5.32 Å². The summed E-state index contributed by atoms with van der Waals surface area (Å²) in [7, 11) is 0. The minimum Gasteiger partial charge on any atom is -0.494 e. The fraction of sp³-hybridized carbons (Fsp3) is 0.130. The van der Waals surface area contributed by atoms with Gasteiger partial charge < -0.3 is 19.9 Å². The van der Waals surface area contributed by atoms with Crippen molar-refractivity contribution in [1.82, 2.24) is 0 Å². The van der Waals surface area contributed by atoms with Crippen molar-refractivity contribution < 1.29 is 24.2 Å². The highest BCUT2D eigenvalue weighted by molar-refractivity contribution is 6.04. The molecule has 1 unspecified atom stereocenters. The van der Waals surface area contributed by atoms with Crippen molar-refractivity contribution in [3.05, 3.63) is 90.0 Å². The lowest BCUT2D eigenvalue weighted by molar-refractivity contribution is -0.145. The topological polar surface area (TPSA) is 84.9 Å². The molecule has 0 heterocycles. The summed E-state index contributed by atoms with van der Waals surface area (Å²) in [5, 5.41) is 12.3. The number of rotatable bonds is 8. The van der Waals surface area contributed by atoms with Crippen LogP contribution in [0.1, 0.15) is 28.9 Å². The number of carbonyl (C=O) groups is 2. The van der Waals surface area contributed by atoms with Crippen LogP contribution in [0.15, 0.2) is 78.9 Å². The summed E-state index contributed by atoms with van der Waals surface area (Å²) in [4.78, 5) is 24.0. The first-order chi connectivity index (χ1) is 14.1. The van der Waals surface area contributed by atoms with Gasteiger partial charge in [0.2, 0.25) is 6.10 Å². The number of hydrogen-bond acceptors (Lipinski definition) is 4. The molecular formula is C23H21NO5. The largest absolute Gasteiger partial charge is 0.494 e. The monoisotopic (exact) mass is 391 g/mol. The summed E-state index contributed by atoms with van der Waals surface area (Å²) >= 11 is 0. The molecule has 6 heteroatoms. The third kappa shape index (κ3) is 5.35. The normalized spacial score (nSPS) is 11.3. The predicted octanol–water partition coefficient (Wildman–Crippen LogP) is 4.54. The number of carboxylic acids is 1. The molecule has 0 aliphatic rings. The van der Waals surface area contributed by atoms with Crippen LogP contribution in [0, 0.1) is 0 Å². The van der Waals surface area contributed by atoms with Crippen molar-refractivity contribution in [2.45, 2.75) is 13.0 Å². The molecule has 3 rings (SSSR count). The molecule has 0 aromatic heterocycles. The van der Waals surface area contributed by atoms with E-state index in [-0.39, 0.29) is 5.91 Å². The Hall–Kier alpha value is -3.80. The highest BCUT2D eigenvalue weighted by Crippen LogP contribution is 2.23. The van der Waals surface area contributed by atoms with E-state index in [1.165, 1.54) is 0 Å². The lowest BCUT2D eigenvalue weighted by atomic mass is 10.1. The molecule has 3 aromatic carbocycles. The van der Waals surface area contributed by atoms with Gasteiger partial charge in [0.1, 0.15) is 11.5 Å². The zero-order valence-electron chi connectivity index (χ0n) is 15.9. The molecule has 0 fully saturated rings. The molecule has 0 aliphatic carbocycles. The molecule has 0 spiro atoms. The van der Waals surface area contributed by atoms with E-state index in [0.29, 0.717) is 29.2 Å². The number of aliphatic carboxylic acids is 1. The molecule has 2 N–H and O–H groups in total. The lowest BCUT2D eigenvalue weighted by Gasteiger charge is -2.15. The highest BCUT2D eigenvalue weighted by atomic mass is 16.5.